The van der Waals surface area contributed by atoms with E-state index in [1.54, 1.807) is 18.2 Å². The number of nitrogens with one attached hydrogen (secondary N) is 4. The topological polar surface area (TPSA) is 107 Å². The Balaban J connectivity index is 1.97. The molecule has 0 radical (unpaired) electrons. The molecule has 0 bridgehead atoms. The van der Waals surface area contributed by atoms with Gasteiger partial charge in [0.2, 0.25) is 0 Å². The van der Waals surface area contributed by atoms with Crippen LogP contribution < -0.4 is 21.9 Å². The van der Waals surface area contributed by atoms with Crippen LogP contribution in [0.15, 0.2) is 58.1 Å². The van der Waals surface area contributed by atoms with Gasteiger partial charge in [-0.25, -0.2) is 9.18 Å². The molecule has 0 saturated carbocycles. The van der Waals surface area contributed by atoms with Crippen molar-refractivity contribution in [2.75, 3.05) is 10.6 Å². The van der Waals surface area contributed by atoms with Crippen molar-refractivity contribution in [3.8, 4) is 0 Å². The molecule has 26 heavy (non-hydrogen) atoms. The quantitative estimate of drug-likeness (QED) is 0.577. The lowest BCUT2D eigenvalue weighted by molar-refractivity contribution is 0.102. The average Bonchev–Trinajstić information content (AvgIpc) is 2.56. The highest BCUT2D eigenvalue weighted by Gasteiger charge is 2.18. The summed E-state index contributed by atoms with van der Waals surface area (Å²) >= 11 is 0. The highest BCUT2D eigenvalue weighted by Crippen LogP contribution is 2.17. The van der Waals surface area contributed by atoms with Crippen LogP contribution in [-0.2, 0) is 0 Å². The summed E-state index contributed by atoms with van der Waals surface area (Å²) in [5.41, 5.74) is -0.0703. The first-order valence-electron chi connectivity index (χ1n) is 7.69. The number of benzene rings is 2. The maximum Gasteiger partial charge on any atom is 0.327 e. The largest absolute Gasteiger partial charge is 0.341 e. The van der Waals surface area contributed by atoms with Crippen LogP contribution in [0.25, 0.3) is 0 Å². The first kappa shape index (κ1) is 17.2. The molecular weight excluding hydrogens is 339 g/mol. The third-order valence-electron chi connectivity index (χ3n) is 3.56. The molecule has 1 aromatic heterocycles. The number of rotatable bonds is 4. The van der Waals surface area contributed by atoms with Crippen molar-refractivity contribution >= 4 is 23.1 Å². The molecule has 0 unspecified atom stereocenters. The summed E-state index contributed by atoms with van der Waals surface area (Å²) in [4.78, 5) is 40.7. The highest BCUT2D eigenvalue weighted by atomic mass is 19.1. The fourth-order valence-electron chi connectivity index (χ4n) is 2.39. The summed E-state index contributed by atoms with van der Waals surface area (Å²) < 4.78 is 13.0. The number of anilines is 3. The molecule has 2 aromatic carbocycles. The van der Waals surface area contributed by atoms with Gasteiger partial charge in [-0.2, -0.15) is 0 Å². The standard InChI is InChI=1S/C18H15FN4O3/c1-10-3-2-4-13(9-10)21-16(24)14-15(22-18(26)23-17(14)25)20-12-7-5-11(19)6-8-12/h2-9H,1H3,(H,21,24)(H3,20,22,23,25,26). The zero-order valence-corrected chi connectivity index (χ0v) is 13.7. The van der Waals surface area contributed by atoms with Crippen LogP contribution in [0.4, 0.5) is 21.6 Å². The van der Waals surface area contributed by atoms with E-state index in [4.69, 9.17) is 0 Å². The van der Waals surface area contributed by atoms with Crippen molar-refractivity contribution < 1.29 is 9.18 Å². The van der Waals surface area contributed by atoms with Crippen LogP contribution in [-0.4, -0.2) is 15.9 Å². The fraction of sp³-hybridized carbons (Fsp3) is 0.0556. The lowest BCUT2D eigenvalue weighted by Gasteiger charge is -2.11. The molecule has 0 aliphatic carbocycles. The second-order valence-corrected chi connectivity index (χ2v) is 5.61. The molecule has 0 spiro atoms. The maximum atomic E-state index is 13.0. The van der Waals surface area contributed by atoms with E-state index < -0.39 is 23.0 Å². The van der Waals surface area contributed by atoms with Crippen LogP contribution in [0.2, 0.25) is 0 Å². The number of aryl methyl sites for hydroxylation is 1. The zero-order chi connectivity index (χ0) is 18.7. The van der Waals surface area contributed by atoms with Crippen LogP contribution >= 0.6 is 0 Å². The Morgan fingerprint density at radius 2 is 1.73 bits per heavy atom. The van der Waals surface area contributed by atoms with Crippen LogP contribution in [0.3, 0.4) is 0 Å². The summed E-state index contributed by atoms with van der Waals surface area (Å²) in [7, 11) is 0. The molecule has 0 aliphatic rings. The molecular formula is C18H15FN4O3. The molecule has 8 heteroatoms. The van der Waals surface area contributed by atoms with Crippen molar-refractivity contribution in [3.63, 3.8) is 0 Å². The normalized spacial score (nSPS) is 10.4. The van der Waals surface area contributed by atoms with Gasteiger partial charge in [0.15, 0.2) is 0 Å². The van der Waals surface area contributed by atoms with Gasteiger partial charge < -0.3 is 10.6 Å². The van der Waals surface area contributed by atoms with Gasteiger partial charge in [0, 0.05) is 11.4 Å². The fourth-order valence-corrected chi connectivity index (χ4v) is 2.39. The Morgan fingerprint density at radius 1 is 1.00 bits per heavy atom. The van der Waals surface area contributed by atoms with E-state index in [0.29, 0.717) is 11.4 Å². The molecule has 0 fully saturated rings. The highest BCUT2D eigenvalue weighted by molar-refractivity contribution is 6.07. The van der Waals surface area contributed by atoms with Crippen LogP contribution in [0.5, 0.6) is 0 Å². The summed E-state index contributed by atoms with van der Waals surface area (Å²) in [6.07, 6.45) is 0. The Morgan fingerprint density at radius 3 is 2.42 bits per heavy atom. The Bertz CT molecular complexity index is 1070. The molecule has 7 nitrogen and oxygen atoms in total. The van der Waals surface area contributed by atoms with E-state index in [9.17, 15) is 18.8 Å². The van der Waals surface area contributed by atoms with E-state index in [0.717, 1.165) is 5.56 Å². The van der Waals surface area contributed by atoms with Crippen molar-refractivity contribution in [1.82, 2.24) is 9.97 Å². The first-order valence-corrected chi connectivity index (χ1v) is 7.69. The Hall–Kier alpha value is -3.68. The maximum absolute atomic E-state index is 13.0. The van der Waals surface area contributed by atoms with E-state index in [2.05, 4.69) is 15.6 Å². The molecule has 0 atom stereocenters. The molecule has 0 aliphatic heterocycles. The van der Waals surface area contributed by atoms with Crippen molar-refractivity contribution in [3.05, 3.63) is 86.3 Å². The third kappa shape index (κ3) is 3.86. The molecule has 0 saturated heterocycles. The monoisotopic (exact) mass is 354 g/mol. The summed E-state index contributed by atoms with van der Waals surface area (Å²) in [5, 5.41) is 5.37. The van der Waals surface area contributed by atoms with Gasteiger partial charge >= 0.3 is 5.69 Å². The SMILES string of the molecule is Cc1cccc(NC(=O)c2c(Nc3ccc(F)cc3)[nH]c(=O)[nH]c2=O)c1. The second-order valence-electron chi connectivity index (χ2n) is 5.61. The zero-order valence-electron chi connectivity index (χ0n) is 13.7. The third-order valence-corrected chi connectivity index (χ3v) is 3.56. The number of carbonyl (C=O) groups is 1. The number of amides is 1. The van der Waals surface area contributed by atoms with Gasteiger partial charge in [0.1, 0.15) is 17.2 Å². The lowest BCUT2D eigenvalue weighted by Crippen LogP contribution is -2.32. The number of hydrogen-bond donors (Lipinski definition) is 4. The number of hydrogen-bond acceptors (Lipinski definition) is 4. The van der Waals surface area contributed by atoms with E-state index >= 15 is 0 Å². The minimum atomic E-state index is -0.844. The van der Waals surface area contributed by atoms with Crippen LogP contribution in [0, 0.1) is 12.7 Å². The van der Waals surface area contributed by atoms with E-state index in [1.807, 2.05) is 18.0 Å². The van der Waals surface area contributed by atoms with Gasteiger partial charge in [0.05, 0.1) is 0 Å². The molecule has 3 aromatic rings. The van der Waals surface area contributed by atoms with Gasteiger partial charge in [0.25, 0.3) is 11.5 Å². The van der Waals surface area contributed by atoms with Gasteiger partial charge in [-0.3, -0.25) is 19.6 Å². The van der Waals surface area contributed by atoms with Crippen molar-refractivity contribution in [2.24, 2.45) is 0 Å². The average molecular weight is 354 g/mol. The van der Waals surface area contributed by atoms with Crippen LogP contribution in [0.1, 0.15) is 15.9 Å². The van der Waals surface area contributed by atoms with E-state index in [-0.39, 0.29) is 11.4 Å². The van der Waals surface area contributed by atoms with Gasteiger partial charge in [-0.05, 0) is 48.9 Å². The number of aromatic amines is 2. The van der Waals surface area contributed by atoms with Crippen molar-refractivity contribution in [1.29, 1.82) is 0 Å². The summed E-state index contributed by atoms with van der Waals surface area (Å²) in [6, 6.07) is 12.3. The number of halogens is 1. The molecule has 4 N–H and O–H groups in total. The van der Waals surface area contributed by atoms with Gasteiger partial charge in [-0.15, -0.1) is 0 Å². The number of aromatic nitrogens is 2. The summed E-state index contributed by atoms with van der Waals surface area (Å²) in [5.74, 6) is -1.22. The van der Waals surface area contributed by atoms with Crippen molar-refractivity contribution in [2.45, 2.75) is 6.92 Å². The smallest absolute Gasteiger partial charge is 0.327 e. The Labute approximate surface area is 146 Å². The predicted molar refractivity (Wildman–Crippen MR) is 96.5 cm³/mol. The lowest BCUT2D eigenvalue weighted by atomic mass is 10.2. The predicted octanol–water partition coefficient (Wildman–Crippen LogP) is 2.51. The number of H-pyrrole nitrogens is 2. The molecule has 1 amide bonds. The molecule has 1 heterocycles. The molecule has 132 valence electrons. The number of carbonyl (C=O) groups excluding carboxylic acids is 1. The minimum Gasteiger partial charge on any atom is -0.341 e. The first-order chi connectivity index (χ1) is 12.4. The van der Waals surface area contributed by atoms with E-state index in [1.165, 1.54) is 24.3 Å². The Kier molecular flexibility index (Phi) is 4.66. The minimum absolute atomic E-state index is 0.0875. The molecule has 3 rings (SSSR count). The summed E-state index contributed by atoms with van der Waals surface area (Å²) in [6.45, 7) is 1.87. The second kappa shape index (κ2) is 7.06. The van der Waals surface area contributed by atoms with Gasteiger partial charge in [-0.1, -0.05) is 12.1 Å².